The lowest BCUT2D eigenvalue weighted by Gasteiger charge is -2.37. The van der Waals surface area contributed by atoms with E-state index in [9.17, 15) is 4.79 Å². The normalized spacial score (nSPS) is 14.6. The third kappa shape index (κ3) is 8.10. The molecule has 1 aromatic rings. The van der Waals surface area contributed by atoms with Crippen molar-refractivity contribution in [3.8, 4) is 0 Å². The van der Waals surface area contributed by atoms with Crippen LogP contribution in [0.1, 0.15) is 6.92 Å². The largest absolute Gasteiger partial charge is 0.383 e. The Morgan fingerprint density at radius 2 is 2.00 bits per heavy atom. The minimum Gasteiger partial charge on any atom is -0.383 e. The third-order valence-electron chi connectivity index (χ3n) is 4.09. The Labute approximate surface area is 183 Å². The van der Waals surface area contributed by atoms with Gasteiger partial charge in [0.15, 0.2) is 5.96 Å². The summed E-state index contributed by atoms with van der Waals surface area (Å²) in [4.78, 5) is 20.8. The highest BCUT2D eigenvalue weighted by atomic mass is 127. The van der Waals surface area contributed by atoms with Crippen LogP contribution in [-0.4, -0.2) is 76.3 Å². The smallest absolute Gasteiger partial charge is 0.241 e. The minimum absolute atomic E-state index is 0. The van der Waals surface area contributed by atoms with Crippen molar-refractivity contribution >= 4 is 53.1 Å². The van der Waals surface area contributed by atoms with Crippen LogP contribution >= 0.6 is 35.6 Å². The number of carbonyl (C=O) groups is 1. The zero-order valence-corrected chi connectivity index (χ0v) is 19.0. The summed E-state index contributed by atoms with van der Waals surface area (Å²) in [7, 11) is 1.61. The van der Waals surface area contributed by atoms with Gasteiger partial charge in [-0.15, -0.1) is 24.0 Å². The average molecular weight is 510 g/mol. The lowest BCUT2D eigenvalue weighted by Crippen LogP contribution is -2.52. The molecule has 2 N–H and O–H groups in total. The van der Waals surface area contributed by atoms with E-state index in [0.29, 0.717) is 13.2 Å². The van der Waals surface area contributed by atoms with E-state index < -0.39 is 0 Å². The van der Waals surface area contributed by atoms with Crippen molar-refractivity contribution in [3.63, 3.8) is 0 Å². The van der Waals surface area contributed by atoms with Crippen LogP contribution in [0, 0.1) is 0 Å². The van der Waals surface area contributed by atoms with E-state index in [4.69, 9.17) is 16.3 Å². The molecule has 0 unspecified atom stereocenters. The van der Waals surface area contributed by atoms with Crippen molar-refractivity contribution in [2.45, 2.75) is 6.92 Å². The fourth-order valence-electron chi connectivity index (χ4n) is 2.77. The molecule has 0 aromatic heterocycles. The number of amides is 1. The van der Waals surface area contributed by atoms with Gasteiger partial charge in [-0.1, -0.05) is 17.7 Å². The van der Waals surface area contributed by atoms with Crippen molar-refractivity contribution in [3.05, 3.63) is 29.3 Å². The first kappa shape index (κ1) is 23.8. The summed E-state index contributed by atoms with van der Waals surface area (Å²) >= 11 is 6.09. The number of guanidine groups is 1. The van der Waals surface area contributed by atoms with Gasteiger partial charge in [0.25, 0.3) is 0 Å². The zero-order chi connectivity index (χ0) is 18.8. The van der Waals surface area contributed by atoms with Gasteiger partial charge >= 0.3 is 0 Å². The quantitative estimate of drug-likeness (QED) is 0.254. The molecule has 0 radical (unpaired) electrons. The summed E-state index contributed by atoms with van der Waals surface area (Å²) in [6.45, 7) is 7.33. The minimum atomic E-state index is -0.102. The second-order valence-corrected chi connectivity index (χ2v) is 6.40. The number of benzene rings is 1. The van der Waals surface area contributed by atoms with Gasteiger partial charge in [0.05, 0.1) is 6.61 Å². The second kappa shape index (κ2) is 13.0. The molecule has 0 saturated carbocycles. The molecule has 2 rings (SSSR count). The maximum absolute atomic E-state index is 11.8. The molecule has 1 saturated heterocycles. The number of piperazine rings is 1. The van der Waals surface area contributed by atoms with Gasteiger partial charge in [-0.2, -0.15) is 0 Å². The van der Waals surface area contributed by atoms with Gasteiger partial charge in [0, 0.05) is 57.1 Å². The highest BCUT2D eigenvalue weighted by Crippen LogP contribution is 2.20. The Morgan fingerprint density at radius 1 is 1.26 bits per heavy atom. The topological polar surface area (TPSA) is 69.2 Å². The summed E-state index contributed by atoms with van der Waals surface area (Å²) in [5.41, 5.74) is 1.14. The number of hydrogen-bond donors (Lipinski definition) is 2. The zero-order valence-electron chi connectivity index (χ0n) is 15.9. The number of carbonyl (C=O) groups excluding carboxylic acids is 1. The van der Waals surface area contributed by atoms with E-state index >= 15 is 0 Å². The van der Waals surface area contributed by atoms with E-state index in [0.717, 1.165) is 49.4 Å². The number of nitrogens with one attached hydrogen (secondary N) is 2. The van der Waals surface area contributed by atoms with Gasteiger partial charge in [-0.3, -0.25) is 4.79 Å². The molecule has 0 spiro atoms. The first-order valence-corrected chi connectivity index (χ1v) is 9.31. The van der Waals surface area contributed by atoms with Gasteiger partial charge in [0.2, 0.25) is 5.91 Å². The summed E-state index contributed by atoms with van der Waals surface area (Å²) in [5, 5.41) is 6.80. The Hall–Kier alpha value is -1.26. The van der Waals surface area contributed by atoms with Crippen molar-refractivity contribution in [2.75, 3.05) is 64.4 Å². The fraction of sp³-hybridized carbons (Fsp3) is 0.556. The molecule has 27 heavy (non-hydrogen) atoms. The predicted molar refractivity (Wildman–Crippen MR) is 122 cm³/mol. The van der Waals surface area contributed by atoms with Crippen molar-refractivity contribution in [1.82, 2.24) is 15.5 Å². The molecule has 0 bridgehead atoms. The SMILES string of the molecule is CCNC(=NCC(=O)NCCOC)N1CCN(c2cccc(Cl)c2)CC1.I. The Bertz CT molecular complexity index is 609. The first-order valence-electron chi connectivity index (χ1n) is 8.93. The van der Waals surface area contributed by atoms with Gasteiger partial charge in [-0.25, -0.2) is 4.99 Å². The van der Waals surface area contributed by atoms with Gasteiger partial charge < -0.3 is 25.2 Å². The lowest BCUT2D eigenvalue weighted by molar-refractivity contribution is -0.119. The van der Waals surface area contributed by atoms with Crippen LogP contribution in [0.5, 0.6) is 0 Å². The summed E-state index contributed by atoms with van der Waals surface area (Å²) in [6.07, 6.45) is 0. The molecule has 1 heterocycles. The molecule has 1 aromatic carbocycles. The molecule has 0 atom stereocenters. The summed E-state index contributed by atoms with van der Waals surface area (Å²) in [6, 6.07) is 7.92. The van der Waals surface area contributed by atoms with Crippen LogP contribution < -0.4 is 15.5 Å². The predicted octanol–water partition coefficient (Wildman–Crippen LogP) is 1.81. The number of halogens is 2. The fourth-order valence-corrected chi connectivity index (χ4v) is 2.95. The molecule has 152 valence electrons. The van der Waals surface area contributed by atoms with E-state index in [2.05, 4.69) is 31.5 Å². The summed E-state index contributed by atoms with van der Waals surface area (Å²) < 4.78 is 4.92. The van der Waals surface area contributed by atoms with Gasteiger partial charge in [-0.05, 0) is 25.1 Å². The van der Waals surface area contributed by atoms with Crippen LogP contribution in [0.25, 0.3) is 0 Å². The van der Waals surface area contributed by atoms with Gasteiger partial charge in [0.1, 0.15) is 6.54 Å². The number of ether oxygens (including phenoxy) is 1. The van der Waals surface area contributed by atoms with Crippen molar-refractivity contribution < 1.29 is 9.53 Å². The highest BCUT2D eigenvalue weighted by molar-refractivity contribution is 14.0. The van der Waals surface area contributed by atoms with E-state index in [1.54, 1.807) is 7.11 Å². The monoisotopic (exact) mass is 509 g/mol. The molecule has 1 aliphatic heterocycles. The molecule has 7 nitrogen and oxygen atoms in total. The number of anilines is 1. The summed E-state index contributed by atoms with van der Waals surface area (Å²) in [5.74, 6) is 0.676. The maximum atomic E-state index is 11.8. The Morgan fingerprint density at radius 3 is 2.63 bits per heavy atom. The Balaban J connectivity index is 0.00000364. The van der Waals surface area contributed by atoms with E-state index in [-0.39, 0.29) is 36.4 Å². The van der Waals surface area contributed by atoms with E-state index in [1.165, 1.54) is 0 Å². The van der Waals surface area contributed by atoms with E-state index in [1.807, 2.05) is 25.1 Å². The Kier molecular flexibility index (Phi) is 11.5. The number of nitrogens with zero attached hydrogens (tertiary/aromatic N) is 3. The maximum Gasteiger partial charge on any atom is 0.241 e. The molecule has 1 amide bonds. The van der Waals surface area contributed by atoms with Crippen molar-refractivity contribution in [1.29, 1.82) is 0 Å². The molecular weight excluding hydrogens is 481 g/mol. The second-order valence-electron chi connectivity index (χ2n) is 5.97. The first-order chi connectivity index (χ1) is 12.6. The molecule has 0 aliphatic carbocycles. The van der Waals surface area contributed by atoms with Crippen LogP contribution in [0.15, 0.2) is 29.3 Å². The molecule has 9 heteroatoms. The molecule has 1 aliphatic rings. The number of hydrogen-bond acceptors (Lipinski definition) is 4. The average Bonchev–Trinajstić information content (AvgIpc) is 2.65. The number of aliphatic imine (C=N–C) groups is 1. The molecule has 1 fully saturated rings. The number of rotatable bonds is 7. The highest BCUT2D eigenvalue weighted by Gasteiger charge is 2.20. The van der Waals surface area contributed by atoms with Crippen LogP contribution in [0.2, 0.25) is 5.02 Å². The van der Waals surface area contributed by atoms with Crippen molar-refractivity contribution in [2.24, 2.45) is 4.99 Å². The number of methoxy groups -OCH3 is 1. The van der Waals surface area contributed by atoms with Crippen LogP contribution in [0.3, 0.4) is 0 Å². The third-order valence-corrected chi connectivity index (χ3v) is 4.32. The molecular formula is C18H29ClIN5O2. The standard InChI is InChI=1S/C18H28ClN5O2.HI/c1-3-20-18(22-14-17(25)21-7-12-26-2)24-10-8-23(9-11-24)16-6-4-5-15(19)13-16;/h4-6,13H,3,7-12,14H2,1-2H3,(H,20,22)(H,21,25);1H. The lowest BCUT2D eigenvalue weighted by atomic mass is 10.2. The van der Waals surface area contributed by atoms with Crippen LogP contribution in [-0.2, 0) is 9.53 Å². The van der Waals surface area contributed by atoms with Crippen LogP contribution in [0.4, 0.5) is 5.69 Å².